The van der Waals surface area contributed by atoms with Crippen LogP contribution in [0.5, 0.6) is 0 Å². The number of aromatic nitrogens is 1. The van der Waals surface area contributed by atoms with E-state index >= 15 is 0 Å². The molecule has 0 spiro atoms. The maximum atomic E-state index is 11.5. The zero-order valence-electron chi connectivity index (χ0n) is 8.51. The molecule has 4 heteroatoms. The second-order valence-electron chi connectivity index (χ2n) is 4.12. The second kappa shape index (κ2) is 3.54. The van der Waals surface area contributed by atoms with Crippen LogP contribution in [0, 0.1) is 16.7 Å². The Hall–Kier alpha value is -1.76. The zero-order chi connectivity index (χ0) is 10.8. The molecule has 0 unspecified atom stereocenters. The third kappa shape index (κ3) is 2.36. The predicted molar refractivity (Wildman–Crippen MR) is 53.6 cm³/mol. The minimum atomic E-state index is -0.427. The largest absolute Gasteiger partial charge is 0.351 e. The summed E-state index contributed by atoms with van der Waals surface area (Å²) in [6, 6.07) is 3.55. The van der Waals surface area contributed by atoms with E-state index in [1.165, 1.54) is 0 Å². The number of carbonyl (C=O) groups is 1. The van der Waals surface area contributed by atoms with Gasteiger partial charge in [-0.3, -0.25) is 4.79 Å². The van der Waals surface area contributed by atoms with Gasteiger partial charge in [-0.1, -0.05) is 20.8 Å². The Morgan fingerprint density at radius 3 is 2.64 bits per heavy atom. The molecule has 4 nitrogen and oxygen atoms in total. The molecule has 0 aliphatic heterocycles. The number of nitrogens with zero attached hydrogens (tertiary/aromatic N) is 1. The Labute approximate surface area is 82.9 Å². The Balaban J connectivity index is 2.71. The standard InChI is InChI=1S/C10H13N3O/c1-10(2,3)9(14)13-8-4-7(5-11)12-6-8/h4,6,12H,1-3H3,(H,13,14). The normalized spacial score (nSPS) is 10.7. The molecule has 0 radical (unpaired) electrons. The Kier molecular flexibility index (Phi) is 2.61. The molecule has 0 bridgehead atoms. The van der Waals surface area contributed by atoms with Crippen molar-refractivity contribution >= 4 is 11.6 Å². The van der Waals surface area contributed by atoms with Crippen molar-refractivity contribution in [2.24, 2.45) is 5.41 Å². The van der Waals surface area contributed by atoms with Gasteiger partial charge in [0.15, 0.2) is 0 Å². The minimum Gasteiger partial charge on any atom is -0.351 e. The summed E-state index contributed by atoms with van der Waals surface area (Å²) in [6.45, 7) is 5.50. The third-order valence-corrected chi connectivity index (χ3v) is 1.74. The van der Waals surface area contributed by atoms with Crippen LogP contribution in [-0.2, 0) is 4.79 Å². The van der Waals surface area contributed by atoms with Gasteiger partial charge >= 0.3 is 0 Å². The Morgan fingerprint density at radius 2 is 2.21 bits per heavy atom. The van der Waals surface area contributed by atoms with Crippen molar-refractivity contribution in [1.29, 1.82) is 5.26 Å². The summed E-state index contributed by atoms with van der Waals surface area (Å²) in [6.07, 6.45) is 1.60. The fourth-order valence-electron chi connectivity index (χ4n) is 0.850. The van der Waals surface area contributed by atoms with Crippen molar-refractivity contribution in [1.82, 2.24) is 4.98 Å². The van der Waals surface area contributed by atoms with Crippen LogP contribution in [0.15, 0.2) is 12.3 Å². The van der Waals surface area contributed by atoms with Gasteiger partial charge in [-0.2, -0.15) is 5.26 Å². The third-order valence-electron chi connectivity index (χ3n) is 1.74. The fraction of sp³-hybridized carbons (Fsp3) is 0.400. The average Bonchev–Trinajstić information content (AvgIpc) is 2.50. The van der Waals surface area contributed by atoms with Crippen LogP contribution in [0.3, 0.4) is 0 Å². The highest BCUT2D eigenvalue weighted by Gasteiger charge is 2.21. The minimum absolute atomic E-state index is 0.0685. The van der Waals surface area contributed by atoms with E-state index < -0.39 is 5.41 Å². The van der Waals surface area contributed by atoms with Crippen LogP contribution in [-0.4, -0.2) is 10.9 Å². The van der Waals surface area contributed by atoms with Crippen molar-refractivity contribution in [2.75, 3.05) is 5.32 Å². The first kappa shape index (κ1) is 10.3. The molecule has 1 aromatic rings. The molecule has 14 heavy (non-hydrogen) atoms. The number of carbonyl (C=O) groups excluding carboxylic acids is 1. The molecule has 0 saturated carbocycles. The van der Waals surface area contributed by atoms with Crippen molar-refractivity contribution < 1.29 is 4.79 Å². The molecule has 1 aromatic heterocycles. The average molecular weight is 191 g/mol. The van der Waals surface area contributed by atoms with E-state index in [4.69, 9.17) is 5.26 Å². The lowest BCUT2D eigenvalue weighted by Crippen LogP contribution is -2.27. The lowest BCUT2D eigenvalue weighted by atomic mass is 9.96. The van der Waals surface area contributed by atoms with Gasteiger partial charge in [-0.15, -0.1) is 0 Å². The van der Waals surface area contributed by atoms with Gasteiger partial charge in [0.1, 0.15) is 11.8 Å². The number of nitrogens with one attached hydrogen (secondary N) is 2. The van der Waals surface area contributed by atoms with Gasteiger partial charge in [-0.05, 0) is 6.07 Å². The molecule has 0 aliphatic carbocycles. The van der Waals surface area contributed by atoms with Gasteiger partial charge in [0.2, 0.25) is 5.91 Å². The van der Waals surface area contributed by atoms with Crippen LogP contribution in [0.1, 0.15) is 26.5 Å². The molecule has 0 aliphatic rings. The smallest absolute Gasteiger partial charge is 0.229 e. The molecule has 0 saturated heterocycles. The first-order valence-corrected chi connectivity index (χ1v) is 4.33. The van der Waals surface area contributed by atoms with Gasteiger partial charge < -0.3 is 10.3 Å². The summed E-state index contributed by atoms with van der Waals surface area (Å²) in [7, 11) is 0. The van der Waals surface area contributed by atoms with E-state index in [-0.39, 0.29) is 5.91 Å². The lowest BCUT2D eigenvalue weighted by molar-refractivity contribution is -0.123. The van der Waals surface area contributed by atoms with E-state index in [1.807, 2.05) is 26.8 Å². The summed E-state index contributed by atoms with van der Waals surface area (Å²) in [5, 5.41) is 11.3. The van der Waals surface area contributed by atoms with E-state index in [0.717, 1.165) is 0 Å². The number of hydrogen-bond acceptors (Lipinski definition) is 2. The number of amides is 1. The van der Waals surface area contributed by atoms with Crippen LogP contribution >= 0.6 is 0 Å². The highest BCUT2D eigenvalue weighted by Crippen LogP contribution is 2.17. The number of H-pyrrole nitrogens is 1. The monoisotopic (exact) mass is 191 g/mol. The second-order valence-corrected chi connectivity index (χ2v) is 4.12. The van der Waals surface area contributed by atoms with Crippen LogP contribution in [0.2, 0.25) is 0 Å². The quantitative estimate of drug-likeness (QED) is 0.711. The van der Waals surface area contributed by atoms with E-state index in [2.05, 4.69) is 10.3 Å². The van der Waals surface area contributed by atoms with Crippen molar-refractivity contribution in [2.45, 2.75) is 20.8 Å². The van der Waals surface area contributed by atoms with Crippen molar-refractivity contribution in [3.05, 3.63) is 18.0 Å². The van der Waals surface area contributed by atoms with Crippen LogP contribution in [0.25, 0.3) is 0 Å². The van der Waals surface area contributed by atoms with E-state index in [1.54, 1.807) is 12.3 Å². The number of nitriles is 1. The van der Waals surface area contributed by atoms with Crippen LogP contribution < -0.4 is 5.32 Å². The molecule has 74 valence electrons. The molecule has 0 aromatic carbocycles. The summed E-state index contributed by atoms with van der Waals surface area (Å²) in [4.78, 5) is 14.3. The highest BCUT2D eigenvalue weighted by atomic mass is 16.2. The molecule has 0 atom stereocenters. The Morgan fingerprint density at radius 1 is 1.57 bits per heavy atom. The molecular weight excluding hydrogens is 178 g/mol. The maximum Gasteiger partial charge on any atom is 0.229 e. The number of rotatable bonds is 1. The zero-order valence-corrected chi connectivity index (χ0v) is 8.51. The van der Waals surface area contributed by atoms with Gasteiger partial charge in [0.05, 0.1) is 5.69 Å². The Bertz CT molecular complexity index is 379. The van der Waals surface area contributed by atoms with Gasteiger partial charge in [0, 0.05) is 11.6 Å². The molecule has 1 rings (SSSR count). The highest BCUT2D eigenvalue weighted by molar-refractivity contribution is 5.94. The first-order valence-electron chi connectivity index (χ1n) is 4.33. The fourth-order valence-corrected chi connectivity index (χ4v) is 0.850. The summed E-state index contributed by atoms with van der Waals surface area (Å²) >= 11 is 0. The summed E-state index contributed by atoms with van der Waals surface area (Å²) in [5.74, 6) is -0.0685. The predicted octanol–water partition coefficient (Wildman–Crippen LogP) is 1.87. The molecule has 0 fully saturated rings. The first-order chi connectivity index (χ1) is 6.43. The SMILES string of the molecule is CC(C)(C)C(=O)Nc1c[nH]c(C#N)c1. The molecule has 2 N–H and O–H groups in total. The molecule has 1 amide bonds. The van der Waals surface area contributed by atoms with Gasteiger partial charge in [0.25, 0.3) is 0 Å². The molecular formula is C10H13N3O. The summed E-state index contributed by atoms with van der Waals surface area (Å²) < 4.78 is 0. The summed E-state index contributed by atoms with van der Waals surface area (Å²) in [5.41, 5.74) is 0.639. The number of hydrogen-bond donors (Lipinski definition) is 2. The number of anilines is 1. The van der Waals surface area contributed by atoms with Crippen molar-refractivity contribution in [3.8, 4) is 6.07 Å². The van der Waals surface area contributed by atoms with Crippen molar-refractivity contribution in [3.63, 3.8) is 0 Å². The van der Waals surface area contributed by atoms with Gasteiger partial charge in [-0.25, -0.2) is 0 Å². The van der Waals surface area contributed by atoms with Crippen LogP contribution in [0.4, 0.5) is 5.69 Å². The topological polar surface area (TPSA) is 68.7 Å². The maximum absolute atomic E-state index is 11.5. The van der Waals surface area contributed by atoms with E-state index in [0.29, 0.717) is 11.4 Å². The van der Waals surface area contributed by atoms with E-state index in [9.17, 15) is 4.79 Å². The number of aromatic amines is 1. The molecule has 1 heterocycles. The lowest BCUT2D eigenvalue weighted by Gasteiger charge is -2.16.